The van der Waals surface area contributed by atoms with Crippen LogP contribution in [0.15, 0.2) is 77.2 Å². The molecule has 4 aromatic rings. The van der Waals surface area contributed by atoms with Crippen molar-refractivity contribution in [2.24, 2.45) is 0 Å². The van der Waals surface area contributed by atoms with E-state index in [4.69, 9.17) is 9.15 Å². The van der Waals surface area contributed by atoms with Gasteiger partial charge in [0.2, 0.25) is 5.78 Å². The fourth-order valence-electron chi connectivity index (χ4n) is 3.02. The fourth-order valence-corrected chi connectivity index (χ4v) is 3.38. The number of nitrogens with one attached hydrogen (secondary N) is 1. The molecule has 0 spiro atoms. The molecule has 0 radical (unpaired) electrons. The van der Waals surface area contributed by atoms with E-state index in [1.165, 1.54) is 0 Å². The van der Waals surface area contributed by atoms with Gasteiger partial charge in [-0.3, -0.25) is 9.59 Å². The first kappa shape index (κ1) is 20.2. The lowest BCUT2D eigenvalue weighted by molar-refractivity contribution is -0.118. The fraction of sp³-hybridized carbons (Fsp3) is 0.0833. The van der Waals surface area contributed by atoms with Gasteiger partial charge in [0.1, 0.15) is 11.3 Å². The van der Waals surface area contributed by atoms with Crippen LogP contribution in [0.4, 0.5) is 5.69 Å². The molecule has 1 N–H and O–H groups in total. The maximum atomic E-state index is 13.1. The van der Waals surface area contributed by atoms with E-state index >= 15 is 0 Å². The van der Waals surface area contributed by atoms with Gasteiger partial charge < -0.3 is 14.5 Å². The number of halogens is 1. The van der Waals surface area contributed by atoms with E-state index < -0.39 is 0 Å². The van der Waals surface area contributed by atoms with Crippen molar-refractivity contribution in [2.75, 3.05) is 11.9 Å². The van der Waals surface area contributed by atoms with Crippen LogP contribution >= 0.6 is 22.6 Å². The average molecular weight is 511 g/mol. The molecule has 1 heterocycles. The monoisotopic (exact) mass is 511 g/mol. The number of benzene rings is 3. The van der Waals surface area contributed by atoms with Gasteiger partial charge in [0.25, 0.3) is 5.91 Å². The van der Waals surface area contributed by atoms with Crippen LogP contribution in [0.2, 0.25) is 0 Å². The Morgan fingerprint density at radius 2 is 1.67 bits per heavy atom. The van der Waals surface area contributed by atoms with Gasteiger partial charge in [-0.2, -0.15) is 0 Å². The molecule has 1 amide bonds. The number of amides is 1. The summed E-state index contributed by atoms with van der Waals surface area (Å²) in [6.45, 7) is 1.77. The summed E-state index contributed by atoms with van der Waals surface area (Å²) in [6.07, 6.45) is 0. The molecule has 0 saturated heterocycles. The Kier molecular flexibility index (Phi) is 5.85. The van der Waals surface area contributed by atoms with Crippen LogP contribution in [0.1, 0.15) is 21.7 Å². The second-order valence-corrected chi connectivity index (χ2v) is 8.03. The molecule has 6 heteroatoms. The number of aryl methyl sites for hydroxylation is 1. The molecule has 30 heavy (non-hydrogen) atoms. The highest BCUT2D eigenvalue weighted by atomic mass is 127. The highest BCUT2D eigenvalue weighted by Gasteiger charge is 2.23. The summed E-state index contributed by atoms with van der Waals surface area (Å²) < 4.78 is 12.4. The number of anilines is 1. The number of carbonyl (C=O) groups excluding carboxylic acids is 2. The Labute approximate surface area is 187 Å². The molecule has 1 aromatic heterocycles. The normalized spacial score (nSPS) is 10.7. The molecular formula is C24H18INO4. The van der Waals surface area contributed by atoms with Crippen LogP contribution in [0.25, 0.3) is 11.0 Å². The number of fused-ring (bicyclic) bond motifs is 1. The van der Waals surface area contributed by atoms with Crippen LogP contribution in [0.5, 0.6) is 5.75 Å². The molecule has 150 valence electrons. The Bertz CT molecular complexity index is 1210. The molecule has 0 aliphatic heterocycles. The number of rotatable bonds is 6. The van der Waals surface area contributed by atoms with E-state index in [9.17, 15) is 9.59 Å². The van der Waals surface area contributed by atoms with E-state index in [0.29, 0.717) is 28.0 Å². The highest BCUT2D eigenvalue weighted by Crippen LogP contribution is 2.32. The number of para-hydroxylation sites is 1. The summed E-state index contributed by atoms with van der Waals surface area (Å²) in [5.41, 5.74) is 2.43. The summed E-state index contributed by atoms with van der Waals surface area (Å²) in [6, 6.07) is 21.8. The molecule has 0 atom stereocenters. The molecule has 0 unspecified atom stereocenters. The SMILES string of the molecule is Cc1ccc(C(=O)c2oc3ccccc3c2NC(=O)COc2ccc(I)cc2)cc1. The number of carbonyl (C=O) groups is 2. The quantitative estimate of drug-likeness (QED) is 0.271. The van der Waals surface area contributed by atoms with Gasteiger partial charge in [-0.15, -0.1) is 0 Å². The van der Waals surface area contributed by atoms with Crippen molar-refractivity contribution in [1.82, 2.24) is 0 Å². The van der Waals surface area contributed by atoms with Crippen molar-refractivity contribution in [3.05, 3.63) is 93.3 Å². The van der Waals surface area contributed by atoms with Gasteiger partial charge >= 0.3 is 0 Å². The third kappa shape index (κ3) is 4.38. The van der Waals surface area contributed by atoms with Crippen molar-refractivity contribution in [3.63, 3.8) is 0 Å². The van der Waals surface area contributed by atoms with Gasteiger partial charge in [-0.1, -0.05) is 42.0 Å². The number of hydrogen-bond acceptors (Lipinski definition) is 4. The smallest absolute Gasteiger partial charge is 0.262 e. The maximum Gasteiger partial charge on any atom is 0.262 e. The predicted molar refractivity (Wildman–Crippen MR) is 124 cm³/mol. The van der Waals surface area contributed by atoms with Crippen LogP contribution < -0.4 is 10.1 Å². The summed E-state index contributed by atoms with van der Waals surface area (Å²) in [7, 11) is 0. The molecule has 0 fully saturated rings. The lowest BCUT2D eigenvalue weighted by Gasteiger charge is -2.08. The van der Waals surface area contributed by atoms with Gasteiger partial charge in [0.15, 0.2) is 12.4 Å². The minimum atomic E-state index is -0.377. The number of ketones is 1. The minimum Gasteiger partial charge on any atom is -0.484 e. The zero-order valence-electron chi connectivity index (χ0n) is 16.1. The summed E-state index contributed by atoms with van der Waals surface area (Å²) in [5, 5.41) is 3.46. The number of furan rings is 1. The Morgan fingerprint density at radius 1 is 0.967 bits per heavy atom. The molecule has 0 aliphatic carbocycles. The first-order valence-electron chi connectivity index (χ1n) is 9.32. The number of ether oxygens (including phenoxy) is 1. The second-order valence-electron chi connectivity index (χ2n) is 6.79. The lowest BCUT2D eigenvalue weighted by atomic mass is 10.1. The summed E-state index contributed by atoms with van der Waals surface area (Å²) in [4.78, 5) is 25.6. The van der Waals surface area contributed by atoms with Crippen molar-refractivity contribution in [3.8, 4) is 5.75 Å². The highest BCUT2D eigenvalue weighted by molar-refractivity contribution is 14.1. The topological polar surface area (TPSA) is 68.5 Å². The van der Waals surface area contributed by atoms with E-state index in [0.717, 1.165) is 9.13 Å². The molecule has 0 bridgehead atoms. The van der Waals surface area contributed by atoms with Crippen molar-refractivity contribution in [1.29, 1.82) is 0 Å². The first-order valence-corrected chi connectivity index (χ1v) is 10.4. The van der Waals surface area contributed by atoms with Crippen molar-refractivity contribution in [2.45, 2.75) is 6.92 Å². The van der Waals surface area contributed by atoms with E-state index in [1.807, 2.05) is 43.3 Å². The first-order chi connectivity index (χ1) is 14.5. The van der Waals surface area contributed by atoms with Crippen molar-refractivity contribution >= 4 is 50.9 Å². The Hall–Kier alpha value is -3.13. The standard InChI is InChI=1S/C24H18INO4/c1-15-6-8-16(9-7-15)23(28)24-22(19-4-2-3-5-20(19)30-24)26-21(27)14-29-18-12-10-17(25)11-13-18/h2-13H,14H2,1H3,(H,26,27). The molecule has 0 aliphatic rings. The largest absolute Gasteiger partial charge is 0.484 e. The van der Waals surface area contributed by atoms with Crippen LogP contribution in [-0.2, 0) is 4.79 Å². The summed E-state index contributed by atoms with van der Waals surface area (Å²) in [5.74, 6) is 0.0272. The van der Waals surface area contributed by atoms with E-state index in [2.05, 4.69) is 27.9 Å². The third-order valence-corrected chi connectivity index (χ3v) is 5.28. The molecule has 4 rings (SSSR count). The summed E-state index contributed by atoms with van der Waals surface area (Å²) >= 11 is 2.20. The van der Waals surface area contributed by atoms with Crippen LogP contribution in [0.3, 0.4) is 0 Å². The van der Waals surface area contributed by atoms with Gasteiger partial charge in [-0.25, -0.2) is 0 Å². The zero-order valence-corrected chi connectivity index (χ0v) is 18.3. The zero-order chi connectivity index (χ0) is 21.1. The van der Waals surface area contributed by atoms with Crippen LogP contribution in [0, 0.1) is 10.5 Å². The van der Waals surface area contributed by atoms with Gasteiger partial charge in [0.05, 0.1) is 5.69 Å². The number of hydrogen-bond donors (Lipinski definition) is 1. The predicted octanol–water partition coefficient (Wildman–Crippen LogP) is 5.59. The molecule has 0 saturated carbocycles. The average Bonchev–Trinajstić information content (AvgIpc) is 3.12. The molecule has 3 aromatic carbocycles. The van der Waals surface area contributed by atoms with E-state index in [1.54, 1.807) is 36.4 Å². The Balaban J connectivity index is 1.59. The Morgan fingerprint density at radius 3 is 2.40 bits per heavy atom. The van der Waals surface area contributed by atoms with Crippen molar-refractivity contribution < 1.29 is 18.7 Å². The van der Waals surface area contributed by atoms with E-state index in [-0.39, 0.29) is 24.1 Å². The van der Waals surface area contributed by atoms with Crippen LogP contribution in [-0.4, -0.2) is 18.3 Å². The lowest BCUT2D eigenvalue weighted by Crippen LogP contribution is -2.21. The molecular weight excluding hydrogens is 493 g/mol. The third-order valence-electron chi connectivity index (χ3n) is 4.56. The van der Waals surface area contributed by atoms with Gasteiger partial charge in [0, 0.05) is 14.5 Å². The van der Waals surface area contributed by atoms with Gasteiger partial charge in [-0.05, 0) is 65.9 Å². The second kappa shape index (κ2) is 8.71. The minimum absolute atomic E-state index is 0.0997. The maximum absolute atomic E-state index is 13.1. The molecule has 5 nitrogen and oxygen atoms in total.